The third-order valence-electron chi connectivity index (χ3n) is 4.49. The summed E-state index contributed by atoms with van der Waals surface area (Å²) in [5.74, 6) is 0.800. The molecule has 17 heavy (non-hydrogen) atoms. The van der Waals surface area contributed by atoms with Gasteiger partial charge < -0.3 is 4.74 Å². The average Bonchev–Trinajstić information content (AvgIpc) is 2.37. The van der Waals surface area contributed by atoms with Crippen molar-refractivity contribution in [3.63, 3.8) is 0 Å². The maximum atomic E-state index is 12.1. The van der Waals surface area contributed by atoms with E-state index in [2.05, 4.69) is 6.92 Å². The Bertz CT molecular complexity index is 248. The van der Waals surface area contributed by atoms with E-state index in [1.807, 2.05) is 0 Å². The predicted octanol–water partition coefficient (Wildman–Crippen LogP) is 3.88. The summed E-state index contributed by atoms with van der Waals surface area (Å²) in [6.07, 6.45) is 11.2. The third kappa shape index (κ3) is 3.31. The zero-order valence-electron chi connectivity index (χ0n) is 11.2. The molecule has 1 aliphatic heterocycles. The quantitative estimate of drug-likeness (QED) is 0.743. The summed E-state index contributed by atoms with van der Waals surface area (Å²) in [6, 6.07) is 0. The van der Waals surface area contributed by atoms with E-state index >= 15 is 0 Å². The van der Waals surface area contributed by atoms with Crippen molar-refractivity contribution in [2.75, 3.05) is 6.61 Å². The molecule has 1 aliphatic carbocycles. The highest BCUT2D eigenvalue weighted by Crippen LogP contribution is 2.41. The zero-order chi connectivity index (χ0) is 12.1. The van der Waals surface area contributed by atoms with Crippen LogP contribution in [-0.2, 0) is 9.53 Å². The lowest BCUT2D eigenvalue weighted by molar-refractivity contribution is -0.143. The number of Topliss-reactive ketones (excluding diaryl/α,β-unsaturated/α-hetero) is 1. The number of ether oxygens (including phenoxy) is 1. The van der Waals surface area contributed by atoms with E-state index in [9.17, 15) is 4.79 Å². The van der Waals surface area contributed by atoms with Gasteiger partial charge in [0, 0.05) is 18.9 Å². The molecule has 1 saturated heterocycles. The molecule has 2 nitrogen and oxygen atoms in total. The smallest absolute Gasteiger partial charge is 0.136 e. The maximum Gasteiger partial charge on any atom is 0.136 e. The second-order valence-electron chi connectivity index (χ2n) is 5.85. The number of hydrogen-bond acceptors (Lipinski definition) is 2. The molecule has 98 valence electrons. The molecule has 0 bridgehead atoms. The van der Waals surface area contributed by atoms with Gasteiger partial charge in [0.05, 0.1) is 5.60 Å². The minimum absolute atomic E-state index is 0.0864. The molecule has 1 spiro atoms. The summed E-state index contributed by atoms with van der Waals surface area (Å²) in [5.41, 5.74) is 0.0864. The molecule has 1 unspecified atom stereocenters. The lowest BCUT2D eigenvalue weighted by atomic mass is 9.74. The van der Waals surface area contributed by atoms with Crippen molar-refractivity contribution >= 4 is 5.78 Å². The number of carbonyl (C=O) groups is 1. The number of rotatable bonds is 4. The van der Waals surface area contributed by atoms with Gasteiger partial charge in [-0.3, -0.25) is 4.79 Å². The Kier molecular flexibility index (Phi) is 4.61. The minimum atomic E-state index is 0.0864. The van der Waals surface area contributed by atoms with E-state index in [-0.39, 0.29) is 5.60 Å². The van der Waals surface area contributed by atoms with Crippen molar-refractivity contribution in [3.8, 4) is 0 Å². The van der Waals surface area contributed by atoms with Crippen LogP contribution in [0.4, 0.5) is 0 Å². The monoisotopic (exact) mass is 238 g/mol. The molecule has 0 aromatic rings. The highest BCUT2D eigenvalue weighted by atomic mass is 16.5. The molecule has 1 saturated carbocycles. The van der Waals surface area contributed by atoms with E-state index in [1.165, 1.54) is 32.1 Å². The van der Waals surface area contributed by atoms with Gasteiger partial charge in [-0.1, -0.05) is 32.6 Å². The van der Waals surface area contributed by atoms with Gasteiger partial charge in [-0.15, -0.1) is 0 Å². The number of unbranched alkanes of at least 4 members (excludes halogenated alkanes) is 1. The van der Waals surface area contributed by atoms with E-state index < -0.39 is 0 Å². The fraction of sp³-hybridized carbons (Fsp3) is 0.933. The van der Waals surface area contributed by atoms with Crippen molar-refractivity contribution in [2.24, 2.45) is 5.92 Å². The Morgan fingerprint density at radius 2 is 2.06 bits per heavy atom. The van der Waals surface area contributed by atoms with Crippen LogP contribution < -0.4 is 0 Å². The lowest BCUT2D eigenvalue weighted by Gasteiger charge is -2.43. The second kappa shape index (κ2) is 5.99. The van der Waals surface area contributed by atoms with Gasteiger partial charge in [-0.05, 0) is 32.1 Å². The van der Waals surface area contributed by atoms with Gasteiger partial charge in [0.25, 0.3) is 0 Å². The fourth-order valence-corrected chi connectivity index (χ4v) is 3.40. The SMILES string of the molecule is CCCCC(=O)C1CCOC2(CCCCC2)C1. The second-order valence-corrected chi connectivity index (χ2v) is 5.85. The summed E-state index contributed by atoms with van der Waals surface area (Å²) < 4.78 is 6.04. The highest BCUT2D eigenvalue weighted by Gasteiger charge is 2.40. The average molecular weight is 238 g/mol. The molecule has 1 atom stereocenters. The van der Waals surface area contributed by atoms with Crippen molar-refractivity contribution in [1.82, 2.24) is 0 Å². The van der Waals surface area contributed by atoms with Gasteiger partial charge in [0.15, 0.2) is 0 Å². The Balaban J connectivity index is 1.89. The van der Waals surface area contributed by atoms with Crippen LogP contribution in [0, 0.1) is 5.92 Å². The Hall–Kier alpha value is -0.370. The largest absolute Gasteiger partial charge is 0.375 e. The van der Waals surface area contributed by atoms with Crippen LogP contribution in [0.5, 0.6) is 0 Å². The topological polar surface area (TPSA) is 26.3 Å². The summed E-state index contributed by atoms with van der Waals surface area (Å²) >= 11 is 0. The molecule has 2 aliphatic rings. The summed E-state index contributed by atoms with van der Waals surface area (Å²) in [6.45, 7) is 2.96. The molecule has 0 aromatic carbocycles. The molecular weight excluding hydrogens is 212 g/mol. The van der Waals surface area contributed by atoms with E-state index in [0.717, 1.165) is 38.7 Å². The van der Waals surface area contributed by atoms with Crippen molar-refractivity contribution < 1.29 is 9.53 Å². The molecule has 2 rings (SSSR count). The van der Waals surface area contributed by atoms with Crippen LogP contribution in [0.3, 0.4) is 0 Å². The summed E-state index contributed by atoms with van der Waals surface area (Å²) in [7, 11) is 0. The molecule has 0 amide bonds. The van der Waals surface area contributed by atoms with Crippen LogP contribution in [0.1, 0.15) is 71.1 Å². The van der Waals surface area contributed by atoms with Gasteiger partial charge in [-0.2, -0.15) is 0 Å². The van der Waals surface area contributed by atoms with E-state index in [1.54, 1.807) is 0 Å². The molecule has 0 N–H and O–H groups in total. The van der Waals surface area contributed by atoms with Gasteiger partial charge in [-0.25, -0.2) is 0 Å². The molecule has 2 heteroatoms. The van der Waals surface area contributed by atoms with Crippen molar-refractivity contribution in [1.29, 1.82) is 0 Å². The Morgan fingerprint density at radius 1 is 1.29 bits per heavy atom. The van der Waals surface area contributed by atoms with Gasteiger partial charge in [0.1, 0.15) is 5.78 Å². The van der Waals surface area contributed by atoms with E-state index in [0.29, 0.717) is 11.7 Å². The van der Waals surface area contributed by atoms with Crippen LogP contribution in [0.15, 0.2) is 0 Å². The zero-order valence-corrected chi connectivity index (χ0v) is 11.2. The molecular formula is C15H26O2. The summed E-state index contributed by atoms with van der Waals surface area (Å²) in [5, 5.41) is 0. The number of carbonyl (C=O) groups excluding carboxylic acids is 1. The third-order valence-corrected chi connectivity index (χ3v) is 4.49. The Labute approximate surface area is 105 Å². The summed E-state index contributed by atoms with van der Waals surface area (Å²) in [4.78, 5) is 12.1. The van der Waals surface area contributed by atoms with Gasteiger partial charge in [0.2, 0.25) is 0 Å². The van der Waals surface area contributed by atoms with Crippen LogP contribution in [-0.4, -0.2) is 18.0 Å². The molecule has 2 fully saturated rings. The first-order valence-corrected chi connectivity index (χ1v) is 7.42. The van der Waals surface area contributed by atoms with Crippen molar-refractivity contribution in [2.45, 2.75) is 76.7 Å². The molecule has 1 heterocycles. The lowest BCUT2D eigenvalue weighted by Crippen LogP contribution is -2.43. The van der Waals surface area contributed by atoms with E-state index in [4.69, 9.17) is 4.74 Å². The minimum Gasteiger partial charge on any atom is -0.375 e. The van der Waals surface area contributed by atoms with Gasteiger partial charge >= 0.3 is 0 Å². The first kappa shape index (κ1) is 13.1. The fourth-order valence-electron chi connectivity index (χ4n) is 3.40. The number of ketones is 1. The predicted molar refractivity (Wildman–Crippen MR) is 69.0 cm³/mol. The number of hydrogen-bond donors (Lipinski definition) is 0. The normalized spacial score (nSPS) is 28.2. The molecule has 0 aromatic heterocycles. The van der Waals surface area contributed by atoms with Crippen LogP contribution in [0.2, 0.25) is 0 Å². The first-order chi connectivity index (χ1) is 8.26. The van der Waals surface area contributed by atoms with Crippen LogP contribution in [0.25, 0.3) is 0 Å². The standard InChI is InChI=1S/C15H26O2/c1-2-3-7-14(16)13-8-11-17-15(12-13)9-5-4-6-10-15/h13H,2-12H2,1H3. The Morgan fingerprint density at radius 3 is 2.76 bits per heavy atom. The van der Waals surface area contributed by atoms with Crippen molar-refractivity contribution in [3.05, 3.63) is 0 Å². The van der Waals surface area contributed by atoms with Crippen LogP contribution >= 0.6 is 0 Å². The highest BCUT2D eigenvalue weighted by molar-refractivity contribution is 5.81. The molecule has 0 radical (unpaired) electrons. The first-order valence-electron chi connectivity index (χ1n) is 7.42. The maximum absolute atomic E-state index is 12.1.